The van der Waals surface area contributed by atoms with Crippen LogP contribution in [0.1, 0.15) is 28.4 Å². The molecule has 2 aromatic carbocycles. The Kier molecular flexibility index (Phi) is 5.80. The van der Waals surface area contributed by atoms with Gasteiger partial charge < -0.3 is 10.1 Å². The third-order valence-electron chi connectivity index (χ3n) is 3.37. The number of carbonyl (C=O) groups excluding carboxylic acids is 2. The quantitative estimate of drug-likeness (QED) is 0.838. The van der Waals surface area contributed by atoms with Crippen LogP contribution in [-0.2, 0) is 22.3 Å². The van der Waals surface area contributed by atoms with Gasteiger partial charge in [0.25, 0.3) is 5.91 Å². The highest BCUT2D eigenvalue weighted by Crippen LogP contribution is 2.29. The Morgan fingerprint density at radius 1 is 1.08 bits per heavy atom. The zero-order valence-electron chi connectivity index (χ0n) is 13.3. The first-order valence-corrected chi connectivity index (χ1v) is 7.46. The van der Waals surface area contributed by atoms with Gasteiger partial charge in [-0.25, -0.2) is 4.79 Å². The number of esters is 1. The Hall–Kier alpha value is -2.83. The van der Waals surface area contributed by atoms with E-state index in [4.69, 9.17) is 4.74 Å². The van der Waals surface area contributed by atoms with E-state index in [1.807, 2.05) is 0 Å². The molecule has 0 fully saturated rings. The van der Waals surface area contributed by atoms with Gasteiger partial charge in [0.15, 0.2) is 0 Å². The maximum absolute atomic E-state index is 12.6. The van der Waals surface area contributed by atoms with Gasteiger partial charge in [0.1, 0.15) is 12.6 Å². The molecule has 2 rings (SSSR count). The van der Waals surface area contributed by atoms with Crippen LogP contribution in [-0.4, -0.2) is 17.9 Å². The van der Waals surface area contributed by atoms with Crippen molar-refractivity contribution in [3.05, 3.63) is 71.3 Å². The fourth-order valence-electron chi connectivity index (χ4n) is 2.05. The molecular weight excluding hydrogens is 335 g/mol. The summed E-state index contributed by atoms with van der Waals surface area (Å²) in [5, 5.41) is 2.47. The van der Waals surface area contributed by atoms with Gasteiger partial charge in [0.2, 0.25) is 0 Å². The molecule has 0 bridgehead atoms. The molecule has 1 atom stereocenters. The predicted molar refractivity (Wildman–Crippen MR) is 84.6 cm³/mol. The summed E-state index contributed by atoms with van der Waals surface area (Å²) in [6.45, 7) is 1.13. The molecule has 4 nitrogen and oxygen atoms in total. The molecule has 0 aliphatic heterocycles. The molecule has 25 heavy (non-hydrogen) atoms. The normalized spacial score (nSPS) is 12.3. The molecule has 0 unspecified atom stereocenters. The largest absolute Gasteiger partial charge is 0.459 e. The Morgan fingerprint density at radius 2 is 1.76 bits per heavy atom. The lowest BCUT2D eigenvalue weighted by Gasteiger charge is -2.14. The second-order valence-corrected chi connectivity index (χ2v) is 5.37. The number of carbonyl (C=O) groups is 2. The van der Waals surface area contributed by atoms with Crippen LogP contribution in [0.2, 0.25) is 0 Å². The maximum Gasteiger partial charge on any atom is 0.416 e. The summed E-state index contributed by atoms with van der Waals surface area (Å²) in [5.41, 5.74) is -0.212. The van der Waals surface area contributed by atoms with Gasteiger partial charge in [-0.2, -0.15) is 13.2 Å². The van der Waals surface area contributed by atoms with Gasteiger partial charge in [-0.15, -0.1) is 0 Å². The lowest BCUT2D eigenvalue weighted by Crippen LogP contribution is -2.39. The first-order valence-electron chi connectivity index (χ1n) is 7.46. The minimum atomic E-state index is -4.46. The van der Waals surface area contributed by atoms with Crippen LogP contribution in [0.15, 0.2) is 54.6 Å². The Morgan fingerprint density at radius 3 is 2.40 bits per heavy atom. The van der Waals surface area contributed by atoms with E-state index in [2.05, 4.69) is 5.32 Å². The zero-order valence-corrected chi connectivity index (χ0v) is 13.3. The summed E-state index contributed by atoms with van der Waals surface area (Å²) in [6.07, 6.45) is -4.46. The molecule has 0 aliphatic rings. The fourth-order valence-corrected chi connectivity index (χ4v) is 2.05. The molecule has 0 aliphatic carbocycles. The smallest absolute Gasteiger partial charge is 0.416 e. The average molecular weight is 351 g/mol. The molecule has 1 N–H and O–H groups in total. The van der Waals surface area contributed by atoms with Crippen molar-refractivity contribution >= 4 is 11.9 Å². The van der Waals surface area contributed by atoms with Gasteiger partial charge in [-0.1, -0.05) is 30.3 Å². The fraction of sp³-hybridized carbons (Fsp3) is 0.222. The maximum atomic E-state index is 12.6. The number of ether oxygens (including phenoxy) is 1. The molecule has 0 saturated carbocycles. The number of rotatable bonds is 5. The molecule has 1 amide bonds. The van der Waals surface area contributed by atoms with Gasteiger partial charge in [0, 0.05) is 5.56 Å². The van der Waals surface area contributed by atoms with Gasteiger partial charge in [-0.05, 0) is 36.8 Å². The van der Waals surface area contributed by atoms with Crippen molar-refractivity contribution in [3.8, 4) is 0 Å². The summed E-state index contributed by atoms with van der Waals surface area (Å²) in [4.78, 5) is 23.9. The molecule has 7 heteroatoms. The van der Waals surface area contributed by atoms with Crippen LogP contribution >= 0.6 is 0 Å². The van der Waals surface area contributed by atoms with E-state index < -0.39 is 29.7 Å². The number of hydrogen-bond acceptors (Lipinski definition) is 3. The lowest BCUT2D eigenvalue weighted by atomic mass is 10.1. The van der Waals surface area contributed by atoms with Crippen LogP contribution in [0.4, 0.5) is 13.2 Å². The summed E-state index contributed by atoms with van der Waals surface area (Å²) >= 11 is 0. The Labute approximate surface area is 142 Å². The van der Waals surface area contributed by atoms with Crippen molar-refractivity contribution in [2.75, 3.05) is 0 Å². The van der Waals surface area contributed by atoms with Gasteiger partial charge >= 0.3 is 12.1 Å². The molecule has 0 heterocycles. The highest BCUT2D eigenvalue weighted by molar-refractivity contribution is 5.96. The standard InChI is InChI=1S/C18H16F3NO3/c1-12(22-16(23)14-7-3-2-4-8-14)17(24)25-11-13-6-5-9-15(10-13)18(19,20)21/h2-10,12H,11H2,1H3,(H,22,23)/t12-/m0/s1. The summed E-state index contributed by atoms with van der Waals surface area (Å²) < 4.78 is 42.9. The van der Waals surface area contributed by atoms with E-state index in [1.165, 1.54) is 19.1 Å². The molecular formula is C18H16F3NO3. The van der Waals surface area contributed by atoms with Gasteiger partial charge in [-0.3, -0.25) is 4.79 Å². The molecule has 0 saturated heterocycles. The van der Waals surface area contributed by atoms with Crippen LogP contribution < -0.4 is 5.32 Å². The molecule has 0 radical (unpaired) electrons. The minimum absolute atomic E-state index is 0.213. The monoisotopic (exact) mass is 351 g/mol. The van der Waals surface area contributed by atoms with E-state index in [0.717, 1.165) is 12.1 Å². The molecule has 2 aromatic rings. The topological polar surface area (TPSA) is 55.4 Å². The number of nitrogens with one attached hydrogen (secondary N) is 1. The number of hydrogen-bond donors (Lipinski definition) is 1. The van der Waals surface area contributed by atoms with Crippen molar-refractivity contribution in [1.29, 1.82) is 0 Å². The summed E-state index contributed by atoms with van der Waals surface area (Å²) in [7, 11) is 0. The first kappa shape index (κ1) is 18.5. The number of benzene rings is 2. The van der Waals surface area contributed by atoms with E-state index in [-0.39, 0.29) is 12.2 Å². The Balaban J connectivity index is 1.90. The highest BCUT2D eigenvalue weighted by atomic mass is 19.4. The number of halogens is 3. The molecule has 0 spiro atoms. The second kappa shape index (κ2) is 7.83. The average Bonchev–Trinajstić information content (AvgIpc) is 2.59. The van der Waals surface area contributed by atoms with E-state index in [0.29, 0.717) is 5.56 Å². The third-order valence-corrected chi connectivity index (χ3v) is 3.37. The number of alkyl halides is 3. The van der Waals surface area contributed by atoms with Crippen molar-refractivity contribution < 1.29 is 27.5 Å². The predicted octanol–water partition coefficient (Wildman–Crippen LogP) is 3.57. The van der Waals surface area contributed by atoms with Crippen molar-refractivity contribution in [2.24, 2.45) is 0 Å². The van der Waals surface area contributed by atoms with E-state index >= 15 is 0 Å². The minimum Gasteiger partial charge on any atom is -0.459 e. The highest BCUT2D eigenvalue weighted by Gasteiger charge is 2.30. The van der Waals surface area contributed by atoms with Gasteiger partial charge in [0.05, 0.1) is 5.56 Å². The SMILES string of the molecule is C[C@H](NC(=O)c1ccccc1)C(=O)OCc1cccc(C(F)(F)F)c1. The summed E-state index contributed by atoms with van der Waals surface area (Å²) in [5.74, 6) is -1.18. The zero-order chi connectivity index (χ0) is 18.4. The summed E-state index contributed by atoms with van der Waals surface area (Å²) in [6, 6.07) is 11.9. The molecule has 0 aromatic heterocycles. The van der Waals surface area contributed by atoms with Crippen LogP contribution in [0, 0.1) is 0 Å². The Bertz CT molecular complexity index is 745. The van der Waals surface area contributed by atoms with Crippen molar-refractivity contribution in [2.45, 2.75) is 25.7 Å². The lowest BCUT2D eigenvalue weighted by molar-refractivity contribution is -0.146. The number of amides is 1. The van der Waals surface area contributed by atoms with Crippen molar-refractivity contribution in [1.82, 2.24) is 5.32 Å². The van der Waals surface area contributed by atoms with Crippen LogP contribution in [0.3, 0.4) is 0 Å². The van der Waals surface area contributed by atoms with Crippen LogP contribution in [0.5, 0.6) is 0 Å². The molecule has 132 valence electrons. The third kappa shape index (κ3) is 5.34. The van der Waals surface area contributed by atoms with E-state index in [9.17, 15) is 22.8 Å². The second-order valence-electron chi connectivity index (χ2n) is 5.37. The van der Waals surface area contributed by atoms with Crippen LogP contribution in [0.25, 0.3) is 0 Å². The van der Waals surface area contributed by atoms with Crippen molar-refractivity contribution in [3.63, 3.8) is 0 Å². The van der Waals surface area contributed by atoms with E-state index in [1.54, 1.807) is 30.3 Å². The first-order chi connectivity index (χ1) is 11.8.